The van der Waals surface area contributed by atoms with Crippen molar-refractivity contribution in [3.8, 4) is 5.75 Å². The van der Waals surface area contributed by atoms with Gasteiger partial charge in [-0.1, -0.05) is 54.6 Å². The fourth-order valence-electron chi connectivity index (χ4n) is 3.25. The van der Waals surface area contributed by atoms with Gasteiger partial charge in [-0.2, -0.15) is 0 Å². The third-order valence-electron chi connectivity index (χ3n) is 4.55. The number of amides is 1. The highest BCUT2D eigenvalue weighted by Crippen LogP contribution is 2.25. The molecule has 0 spiro atoms. The van der Waals surface area contributed by atoms with Crippen LogP contribution in [0.25, 0.3) is 0 Å². The lowest BCUT2D eigenvalue weighted by Gasteiger charge is -2.20. The summed E-state index contributed by atoms with van der Waals surface area (Å²) in [4.78, 5) is 13.0. The normalized spacial score (nSPS) is 12.2. The van der Waals surface area contributed by atoms with Crippen LogP contribution in [0.1, 0.15) is 40.0 Å². The van der Waals surface area contributed by atoms with E-state index >= 15 is 0 Å². The van der Waals surface area contributed by atoms with Gasteiger partial charge in [0, 0.05) is 11.8 Å². The minimum Gasteiger partial charge on any atom is -0.494 e. The van der Waals surface area contributed by atoms with Crippen LogP contribution in [0.4, 0.5) is 0 Å². The fourth-order valence-corrected chi connectivity index (χ4v) is 4.03. The Morgan fingerprint density at radius 2 is 1.60 bits per heavy atom. The zero-order valence-corrected chi connectivity index (χ0v) is 17.9. The van der Waals surface area contributed by atoms with Crippen LogP contribution >= 0.6 is 0 Å². The first kappa shape index (κ1) is 21.6. The molecular weight excluding hydrogens is 398 g/mol. The summed E-state index contributed by atoms with van der Waals surface area (Å²) in [6, 6.07) is 23.7. The SMILES string of the molecule is CCOc1ccc([C@@H](NC(=O)c2cccc(CS(C)(=O)=O)c2)c2ccccc2)cc1. The molecule has 0 heterocycles. The van der Waals surface area contributed by atoms with Crippen LogP contribution in [0.5, 0.6) is 5.75 Å². The number of carbonyl (C=O) groups is 1. The van der Waals surface area contributed by atoms with E-state index in [-0.39, 0.29) is 17.7 Å². The Morgan fingerprint density at radius 3 is 2.23 bits per heavy atom. The van der Waals surface area contributed by atoms with E-state index in [0.717, 1.165) is 16.9 Å². The van der Waals surface area contributed by atoms with Crippen molar-refractivity contribution in [1.82, 2.24) is 5.32 Å². The van der Waals surface area contributed by atoms with Crippen molar-refractivity contribution >= 4 is 15.7 Å². The Balaban J connectivity index is 1.88. The van der Waals surface area contributed by atoms with Crippen molar-refractivity contribution in [3.63, 3.8) is 0 Å². The summed E-state index contributed by atoms with van der Waals surface area (Å²) in [5, 5.41) is 3.08. The summed E-state index contributed by atoms with van der Waals surface area (Å²) >= 11 is 0. The summed E-state index contributed by atoms with van der Waals surface area (Å²) in [7, 11) is -3.18. The molecular formula is C24H25NO4S. The molecule has 3 rings (SSSR count). The molecule has 1 N–H and O–H groups in total. The van der Waals surface area contributed by atoms with Crippen LogP contribution in [-0.4, -0.2) is 27.2 Å². The van der Waals surface area contributed by atoms with E-state index in [2.05, 4.69) is 5.32 Å². The van der Waals surface area contributed by atoms with Crippen molar-refractivity contribution in [2.24, 2.45) is 0 Å². The Morgan fingerprint density at radius 1 is 0.933 bits per heavy atom. The van der Waals surface area contributed by atoms with Crippen LogP contribution in [0.15, 0.2) is 78.9 Å². The fraction of sp³-hybridized carbons (Fsp3) is 0.208. The van der Waals surface area contributed by atoms with E-state index < -0.39 is 9.84 Å². The van der Waals surface area contributed by atoms with Crippen LogP contribution in [0, 0.1) is 0 Å². The number of benzene rings is 3. The summed E-state index contributed by atoms with van der Waals surface area (Å²) in [6.45, 7) is 2.51. The van der Waals surface area contributed by atoms with Gasteiger partial charge in [0.2, 0.25) is 0 Å². The maximum atomic E-state index is 13.0. The number of carbonyl (C=O) groups excluding carboxylic acids is 1. The highest BCUT2D eigenvalue weighted by atomic mass is 32.2. The van der Waals surface area contributed by atoms with E-state index in [1.807, 2.05) is 61.5 Å². The topological polar surface area (TPSA) is 72.5 Å². The molecule has 0 aromatic heterocycles. The molecule has 3 aromatic carbocycles. The van der Waals surface area contributed by atoms with Gasteiger partial charge in [-0.25, -0.2) is 8.42 Å². The molecule has 0 radical (unpaired) electrons. The van der Waals surface area contributed by atoms with Gasteiger partial charge in [-0.3, -0.25) is 4.79 Å². The third kappa shape index (κ3) is 5.94. The van der Waals surface area contributed by atoms with Crippen molar-refractivity contribution in [2.45, 2.75) is 18.7 Å². The largest absolute Gasteiger partial charge is 0.494 e. The molecule has 0 bridgehead atoms. The average Bonchev–Trinajstić information content (AvgIpc) is 2.72. The number of hydrogen-bond donors (Lipinski definition) is 1. The summed E-state index contributed by atoms with van der Waals surface area (Å²) < 4.78 is 28.7. The number of nitrogens with one attached hydrogen (secondary N) is 1. The predicted molar refractivity (Wildman–Crippen MR) is 118 cm³/mol. The van der Waals surface area contributed by atoms with Crippen molar-refractivity contribution < 1.29 is 17.9 Å². The number of rotatable bonds is 8. The molecule has 0 unspecified atom stereocenters. The Hall–Kier alpha value is -3.12. The molecule has 3 aromatic rings. The standard InChI is InChI=1S/C24H25NO4S/c1-3-29-22-14-12-20(13-15-22)23(19-9-5-4-6-10-19)25-24(26)21-11-7-8-18(16-21)17-30(2,27)28/h4-16,23H,3,17H2,1-2H3,(H,25,26)/t23-/m0/s1. The molecule has 156 valence electrons. The van der Waals surface area contributed by atoms with E-state index in [1.54, 1.807) is 24.3 Å². The molecule has 1 amide bonds. The van der Waals surface area contributed by atoms with E-state index in [9.17, 15) is 13.2 Å². The summed E-state index contributed by atoms with van der Waals surface area (Å²) in [6.07, 6.45) is 1.18. The van der Waals surface area contributed by atoms with E-state index in [0.29, 0.717) is 17.7 Å². The van der Waals surface area contributed by atoms with Gasteiger partial charge in [0.25, 0.3) is 5.91 Å². The molecule has 0 saturated heterocycles. The molecule has 30 heavy (non-hydrogen) atoms. The molecule has 0 aliphatic rings. The minimum atomic E-state index is -3.18. The zero-order chi connectivity index (χ0) is 21.6. The monoisotopic (exact) mass is 423 g/mol. The molecule has 1 atom stereocenters. The maximum Gasteiger partial charge on any atom is 0.252 e. The Kier molecular flexibility index (Phi) is 6.90. The van der Waals surface area contributed by atoms with Gasteiger partial charge in [0.15, 0.2) is 9.84 Å². The molecule has 6 heteroatoms. The number of ether oxygens (including phenoxy) is 1. The second kappa shape index (κ2) is 9.59. The van der Waals surface area contributed by atoms with Crippen molar-refractivity contribution in [3.05, 3.63) is 101 Å². The van der Waals surface area contributed by atoms with E-state index in [1.165, 1.54) is 6.26 Å². The molecule has 0 aliphatic heterocycles. The van der Waals surface area contributed by atoms with Gasteiger partial charge in [-0.15, -0.1) is 0 Å². The number of hydrogen-bond acceptors (Lipinski definition) is 4. The first-order valence-electron chi connectivity index (χ1n) is 9.71. The lowest BCUT2D eigenvalue weighted by Crippen LogP contribution is -2.29. The van der Waals surface area contributed by atoms with E-state index in [4.69, 9.17) is 4.74 Å². The quantitative estimate of drug-likeness (QED) is 0.591. The van der Waals surface area contributed by atoms with Gasteiger partial charge < -0.3 is 10.1 Å². The Bertz CT molecular complexity index is 1090. The summed E-state index contributed by atoms with van der Waals surface area (Å²) in [5.41, 5.74) is 2.87. The van der Waals surface area contributed by atoms with Gasteiger partial charge >= 0.3 is 0 Å². The second-order valence-corrected chi connectivity index (χ2v) is 9.23. The van der Waals surface area contributed by atoms with Gasteiger partial charge in [0.05, 0.1) is 18.4 Å². The molecule has 0 fully saturated rings. The van der Waals surface area contributed by atoms with Crippen LogP contribution < -0.4 is 10.1 Å². The first-order chi connectivity index (χ1) is 14.4. The Labute approximate surface area is 177 Å². The third-order valence-corrected chi connectivity index (χ3v) is 5.41. The molecule has 5 nitrogen and oxygen atoms in total. The van der Waals surface area contributed by atoms with Gasteiger partial charge in [0.1, 0.15) is 5.75 Å². The summed E-state index contributed by atoms with van der Waals surface area (Å²) in [5.74, 6) is 0.399. The lowest BCUT2D eigenvalue weighted by molar-refractivity contribution is 0.0943. The van der Waals surface area contributed by atoms with Crippen LogP contribution in [0.3, 0.4) is 0 Å². The highest BCUT2D eigenvalue weighted by Gasteiger charge is 2.18. The van der Waals surface area contributed by atoms with Crippen molar-refractivity contribution in [1.29, 1.82) is 0 Å². The van der Waals surface area contributed by atoms with Crippen molar-refractivity contribution in [2.75, 3.05) is 12.9 Å². The minimum absolute atomic E-state index is 0.102. The second-order valence-electron chi connectivity index (χ2n) is 7.09. The average molecular weight is 424 g/mol. The molecule has 0 saturated carbocycles. The van der Waals surface area contributed by atoms with Crippen LogP contribution in [0.2, 0.25) is 0 Å². The smallest absolute Gasteiger partial charge is 0.252 e. The number of sulfone groups is 1. The first-order valence-corrected chi connectivity index (χ1v) is 11.8. The maximum absolute atomic E-state index is 13.0. The molecule has 0 aliphatic carbocycles. The predicted octanol–water partition coefficient (Wildman–Crippen LogP) is 4.15. The lowest BCUT2D eigenvalue weighted by atomic mass is 9.98. The van der Waals surface area contributed by atoms with Gasteiger partial charge in [-0.05, 0) is 47.9 Å². The van der Waals surface area contributed by atoms with Crippen LogP contribution in [-0.2, 0) is 15.6 Å². The highest BCUT2D eigenvalue weighted by molar-refractivity contribution is 7.89. The zero-order valence-electron chi connectivity index (χ0n) is 17.0.